The summed E-state index contributed by atoms with van der Waals surface area (Å²) in [6.07, 6.45) is 7.84. The van der Waals surface area contributed by atoms with Crippen molar-refractivity contribution in [1.82, 2.24) is 15.0 Å². The van der Waals surface area contributed by atoms with Crippen LogP contribution in [0.5, 0.6) is 0 Å². The van der Waals surface area contributed by atoms with E-state index in [2.05, 4.69) is 15.9 Å². The van der Waals surface area contributed by atoms with Crippen LogP contribution in [0.4, 0.5) is 0 Å². The SMILES string of the molecule is NCC(=O)N1CCC(c2nc(C3=C=CC4=C(C/C=C\3)OCO4)no2)CC1. The zero-order valence-electron chi connectivity index (χ0n) is 14.3. The van der Waals surface area contributed by atoms with Crippen molar-refractivity contribution in [3.05, 3.63) is 47.2 Å². The molecule has 1 amide bonds. The Kier molecular flexibility index (Phi) is 4.60. The van der Waals surface area contributed by atoms with Crippen LogP contribution in [0.1, 0.15) is 36.9 Å². The molecule has 1 aromatic heterocycles. The highest BCUT2D eigenvalue weighted by Gasteiger charge is 2.27. The van der Waals surface area contributed by atoms with Crippen molar-refractivity contribution in [2.45, 2.75) is 25.2 Å². The molecule has 0 saturated carbocycles. The maximum atomic E-state index is 11.7. The van der Waals surface area contributed by atoms with E-state index < -0.39 is 0 Å². The van der Waals surface area contributed by atoms with Gasteiger partial charge in [0.2, 0.25) is 24.4 Å². The van der Waals surface area contributed by atoms with Gasteiger partial charge in [-0.05, 0) is 18.9 Å². The smallest absolute Gasteiger partial charge is 0.236 e. The van der Waals surface area contributed by atoms with Crippen LogP contribution in [-0.2, 0) is 14.3 Å². The van der Waals surface area contributed by atoms with E-state index in [-0.39, 0.29) is 25.2 Å². The van der Waals surface area contributed by atoms with Gasteiger partial charge in [-0.2, -0.15) is 4.98 Å². The van der Waals surface area contributed by atoms with Crippen LogP contribution in [-0.4, -0.2) is 47.4 Å². The zero-order valence-corrected chi connectivity index (χ0v) is 14.3. The number of piperidine rings is 1. The molecule has 136 valence electrons. The molecule has 2 N–H and O–H groups in total. The number of nitrogens with two attached hydrogens (primary N) is 1. The minimum atomic E-state index is -0.0172. The fourth-order valence-corrected chi connectivity index (χ4v) is 3.23. The monoisotopic (exact) mass is 356 g/mol. The molecule has 0 unspecified atom stereocenters. The van der Waals surface area contributed by atoms with Crippen molar-refractivity contribution in [3.8, 4) is 0 Å². The predicted octanol–water partition coefficient (Wildman–Crippen LogP) is 1.45. The molecular weight excluding hydrogens is 336 g/mol. The molecule has 2 aliphatic heterocycles. The highest BCUT2D eigenvalue weighted by atomic mass is 16.7. The Bertz CT molecular complexity index is 824. The zero-order chi connectivity index (χ0) is 17.9. The third-order valence-corrected chi connectivity index (χ3v) is 4.72. The van der Waals surface area contributed by atoms with Gasteiger partial charge < -0.3 is 24.6 Å². The molecule has 0 aromatic carbocycles. The van der Waals surface area contributed by atoms with E-state index in [1.807, 2.05) is 12.2 Å². The number of rotatable bonds is 3. The maximum absolute atomic E-state index is 11.7. The average Bonchev–Trinajstić information content (AvgIpc) is 3.31. The van der Waals surface area contributed by atoms with Crippen LogP contribution in [0.15, 0.2) is 40.0 Å². The van der Waals surface area contributed by atoms with Crippen LogP contribution in [0, 0.1) is 0 Å². The number of amides is 1. The second kappa shape index (κ2) is 7.19. The molecule has 3 heterocycles. The standard InChI is InChI=1S/C18H20N4O4/c19-10-16(23)22-8-6-13(7-9-22)18-20-17(21-26-18)12-2-1-3-14-15(5-4-12)25-11-24-14/h1-2,5,13H,3,6-11,19H2/b2-1-. The summed E-state index contributed by atoms with van der Waals surface area (Å²) in [4.78, 5) is 18.0. The number of allylic oxidation sites excluding steroid dienone is 3. The quantitative estimate of drug-likeness (QED) is 0.817. The molecule has 1 saturated heterocycles. The summed E-state index contributed by atoms with van der Waals surface area (Å²) in [6.45, 7) is 1.61. The van der Waals surface area contributed by atoms with Gasteiger partial charge >= 0.3 is 0 Å². The first-order chi connectivity index (χ1) is 12.7. The first kappa shape index (κ1) is 16.6. The molecule has 8 heteroatoms. The van der Waals surface area contributed by atoms with E-state index in [4.69, 9.17) is 19.7 Å². The highest BCUT2D eigenvalue weighted by Crippen LogP contribution is 2.28. The predicted molar refractivity (Wildman–Crippen MR) is 91.2 cm³/mol. The highest BCUT2D eigenvalue weighted by molar-refractivity contribution is 5.78. The summed E-state index contributed by atoms with van der Waals surface area (Å²) in [7, 11) is 0. The number of ether oxygens (including phenoxy) is 2. The molecule has 1 aliphatic carbocycles. The van der Waals surface area contributed by atoms with Gasteiger partial charge in [0, 0.05) is 31.5 Å². The van der Waals surface area contributed by atoms with Gasteiger partial charge in [-0.3, -0.25) is 4.79 Å². The molecule has 0 atom stereocenters. The van der Waals surface area contributed by atoms with Crippen molar-refractivity contribution >= 4 is 11.5 Å². The summed E-state index contributed by atoms with van der Waals surface area (Å²) < 4.78 is 16.3. The molecule has 8 nitrogen and oxygen atoms in total. The molecule has 0 spiro atoms. The van der Waals surface area contributed by atoms with E-state index in [1.165, 1.54) is 0 Å². The first-order valence-corrected chi connectivity index (χ1v) is 8.68. The van der Waals surface area contributed by atoms with E-state index >= 15 is 0 Å². The van der Waals surface area contributed by atoms with Gasteiger partial charge in [0.05, 0.1) is 12.1 Å². The Labute approximate surface area is 150 Å². The number of hydrogen-bond acceptors (Lipinski definition) is 7. The molecule has 1 fully saturated rings. The summed E-state index contributed by atoms with van der Waals surface area (Å²) in [5, 5.41) is 4.10. The number of carbonyl (C=O) groups is 1. The minimum absolute atomic E-state index is 0.0172. The van der Waals surface area contributed by atoms with E-state index in [9.17, 15) is 4.79 Å². The summed E-state index contributed by atoms with van der Waals surface area (Å²) in [5.41, 5.74) is 9.30. The number of nitrogens with zero attached hydrogens (tertiary/aromatic N) is 3. The largest absolute Gasteiger partial charge is 0.458 e. The van der Waals surface area contributed by atoms with E-state index in [0.717, 1.165) is 24.2 Å². The lowest BCUT2D eigenvalue weighted by molar-refractivity contribution is -0.130. The van der Waals surface area contributed by atoms with Crippen molar-refractivity contribution in [2.75, 3.05) is 26.4 Å². The van der Waals surface area contributed by atoms with Crippen LogP contribution >= 0.6 is 0 Å². The Hall–Kier alpha value is -2.83. The van der Waals surface area contributed by atoms with Crippen LogP contribution < -0.4 is 5.73 Å². The Morgan fingerprint density at radius 2 is 2.19 bits per heavy atom. The lowest BCUT2D eigenvalue weighted by atomic mass is 9.96. The molecule has 0 radical (unpaired) electrons. The summed E-state index contributed by atoms with van der Waals surface area (Å²) in [5.74, 6) is 2.73. The summed E-state index contributed by atoms with van der Waals surface area (Å²) in [6, 6.07) is 0. The minimum Gasteiger partial charge on any atom is -0.458 e. The Morgan fingerprint density at radius 3 is 3.00 bits per heavy atom. The van der Waals surface area contributed by atoms with Crippen molar-refractivity contribution in [3.63, 3.8) is 0 Å². The number of likely N-dealkylation sites (tertiary alicyclic amines) is 1. The van der Waals surface area contributed by atoms with Crippen LogP contribution in [0.3, 0.4) is 0 Å². The lowest BCUT2D eigenvalue weighted by Crippen LogP contribution is -2.41. The number of aromatic nitrogens is 2. The van der Waals surface area contributed by atoms with Gasteiger partial charge in [-0.25, -0.2) is 0 Å². The van der Waals surface area contributed by atoms with Gasteiger partial charge in [-0.15, -0.1) is 5.73 Å². The molecule has 0 bridgehead atoms. The van der Waals surface area contributed by atoms with Crippen molar-refractivity contribution < 1.29 is 18.8 Å². The molecule has 1 aromatic rings. The fraction of sp³-hybridized carbons (Fsp3) is 0.444. The van der Waals surface area contributed by atoms with Gasteiger partial charge in [-0.1, -0.05) is 11.2 Å². The second-order valence-electron chi connectivity index (χ2n) is 6.32. The summed E-state index contributed by atoms with van der Waals surface area (Å²) >= 11 is 0. The van der Waals surface area contributed by atoms with Gasteiger partial charge in [0.15, 0.2) is 5.76 Å². The molecular formula is C18H20N4O4. The second-order valence-corrected chi connectivity index (χ2v) is 6.32. The lowest BCUT2D eigenvalue weighted by Gasteiger charge is -2.30. The van der Waals surface area contributed by atoms with Crippen molar-refractivity contribution in [2.24, 2.45) is 5.73 Å². The Morgan fingerprint density at radius 1 is 1.35 bits per heavy atom. The molecule has 3 aliphatic rings. The maximum Gasteiger partial charge on any atom is 0.236 e. The molecule has 26 heavy (non-hydrogen) atoms. The normalized spacial score (nSPS) is 21.4. The number of carbonyl (C=O) groups excluding carboxylic acids is 1. The van der Waals surface area contributed by atoms with Gasteiger partial charge in [0.25, 0.3) is 0 Å². The third kappa shape index (κ3) is 3.29. The topological polar surface area (TPSA) is 104 Å². The average molecular weight is 356 g/mol. The number of hydrogen-bond donors (Lipinski definition) is 1. The van der Waals surface area contributed by atoms with Crippen LogP contribution in [0.25, 0.3) is 5.57 Å². The van der Waals surface area contributed by atoms with E-state index in [0.29, 0.717) is 37.0 Å². The molecule has 4 rings (SSSR count). The fourth-order valence-electron chi connectivity index (χ4n) is 3.23. The third-order valence-electron chi connectivity index (χ3n) is 4.72. The Balaban J connectivity index is 1.48. The first-order valence-electron chi connectivity index (χ1n) is 8.68. The van der Waals surface area contributed by atoms with Crippen molar-refractivity contribution in [1.29, 1.82) is 0 Å². The van der Waals surface area contributed by atoms with Gasteiger partial charge in [0.1, 0.15) is 5.76 Å². The van der Waals surface area contributed by atoms with E-state index in [1.54, 1.807) is 11.0 Å². The van der Waals surface area contributed by atoms with Crippen LogP contribution in [0.2, 0.25) is 0 Å².